The van der Waals surface area contributed by atoms with E-state index in [-0.39, 0.29) is 6.10 Å². The molecular weight excluding hydrogens is 228 g/mol. The van der Waals surface area contributed by atoms with Crippen LogP contribution in [-0.2, 0) is 4.79 Å². The lowest BCUT2D eigenvalue weighted by Crippen LogP contribution is -2.50. The van der Waals surface area contributed by atoms with Gasteiger partial charge in [-0.2, -0.15) is 0 Å². The summed E-state index contributed by atoms with van der Waals surface area (Å²) >= 11 is 0. The minimum absolute atomic E-state index is 0.0250. The van der Waals surface area contributed by atoms with Gasteiger partial charge in [0.2, 0.25) is 5.91 Å². The number of ether oxygens (including phenoxy) is 1. The highest BCUT2D eigenvalue weighted by Gasteiger charge is 2.41. The number of amides is 1. The van der Waals surface area contributed by atoms with Crippen molar-refractivity contribution in [2.24, 2.45) is 11.5 Å². The van der Waals surface area contributed by atoms with Crippen LogP contribution in [0.2, 0.25) is 0 Å². The summed E-state index contributed by atoms with van der Waals surface area (Å²) in [5.41, 5.74) is 12.7. The maximum absolute atomic E-state index is 11.3. The van der Waals surface area contributed by atoms with Crippen LogP contribution in [0.25, 0.3) is 0 Å². The molecule has 1 aromatic carbocycles. The van der Waals surface area contributed by atoms with Gasteiger partial charge in [0.05, 0.1) is 5.54 Å². The molecule has 4 nitrogen and oxygen atoms in total. The predicted octanol–water partition coefficient (Wildman–Crippen LogP) is 1.42. The Balaban J connectivity index is 2.08. The Morgan fingerprint density at radius 3 is 2.78 bits per heavy atom. The number of hydrogen-bond donors (Lipinski definition) is 2. The molecular formula is C14H20N2O2. The van der Waals surface area contributed by atoms with Gasteiger partial charge in [0.15, 0.2) is 0 Å². The molecule has 4 N–H and O–H groups in total. The van der Waals surface area contributed by atoms with Crippen LogP contribution in [0.4, 0.5) is 0 Å². The normalized spacial score (nSPS) is 27.2. The molecule has 0 radical (unpaired) electrons. The van der Waals surface area contributed by atoms with Gasteiger partial charge < -0.3 is 16.2 Å². The van der Waals surface area contributed by atoms with Gasteiger partial charge in [-0.1, -0.05) is 12.1 Å². The zero-order chi connectivity index (χ0) is 13.3. The molecule has 0 spiro atoms. The Morgan fingerprint density at radius 1 is 1.44 bits per heavy atom. The SMILES string of the molecule is Cc1cccc(OC2CCC(N)(C(N)=O)C2)c1C. The summed E-state index contributed by atoms with van der Waals surface area (Å²) in [5.74, 6) is 0.434. The number of aryl methyl sites for hydroxylation is 1. The average molecular weight is 248 g/mol. The highest BCUT2D eigenvalue weighted by atomic mass is 16.5. The molecule has 0 aliphatic heterocycles. The first-order valence-electron chi connectivity index (χ1n) is 6.24. The molecule has 0 aromatic heterocycles. The second kappa shape index (κ2) is 4.61. The van der Waals surface area contributed by atoms with Gasteiger partial charge in [-0.3, -0.25) is 4.79 Å². The Bertz CT molecular complexity index is 473. The standard InChI is InChI=1S/C14H20N2O2/c1-9-4-3-5-12(10(9)2)18-11-6-7-14(16,8-11)13(15)17/h3-5,11H,6-8,16H2,1-2H3,(H2,15,17). The molecule has 2 unspecified atom stereocenters. The Morgan fingerprint density at radius 2 is 2.17 bits per heavy atom. The van der Waals surface area contributed by atoms with Crippen molar-refractivity contribution >= 4 is 5.91 Å². The molecule has 1 aliphatic carbocycles. The van der Waals surface area contributed by atoms with Crippen molar-refractivity contribution < 1.29 is 9.53 Å². The van der Waals surface area contributed by atoms with E-state index in [0.29, 0.717) is 12.8 Å². The number of carbonyl (C=O) groups is 1. The molecule has 1 saturated carbocycles. The van der Waals surface area contributed by atoms with E-state index in [1.807, 2.05) is 32.0 Å². The largest absolute Gasteiger partial charge is 0.490 e. The van der Waals surface area contributed by atoms with Gasteiger partial charge in [-0.05, 0) is 43.9 Å². The van der Waals surface area contributed by atoms with E-state index in [1.165, 1.54) is 5.56 Å². The fourth-order valence-electron chi connectivity index (χ4n) is 2.38. The molecule has 1 aliphatic rings. The molecule has 0 saturated heterocycles. The van der Waals surface area contributed by atoms with Crippen LogP contribution < -0.4 is 16.2 Å². The van der Waals surface area contributed by atoms with Crippen LogP contribution in [0.15, 0.2) is 18.2 Å². The number of hydrogen-bond acceptors (Lipinski definition) is 3. The summed E-state index contributed by atoms with van der Waals surface area (Å²) in [4.78, 5) is 11.3. The van der Waals surface area contributed by atoms with Crippen LogP contribution in [0.5, 0.6) is 5.75 Å². The minimum atomic E-state index is -0.900. The van der Waals surface area contributed by atoms with E-state index < -0.39 is 11.4 Å². The predicted molar refractivity (Wildman–Crippen MR) is 70.3 cm³/mol. The second-order valence-electron chi connectivity index (χ2n) is 5.20. The van der Waals surface area contributed by atoms with Crippen molar-refractivity contribution in [1.82, 2.24) is 0 Å². The van der Waals surface area contributed by atoms with E-state index in [9.17, 15) is 4.79 Å². The average Bonchev–Trinajstić information content (AvgIpc) is 2.68. The zero-order valence-electron chi connectivity index (χ0n) is 10.9. The molecule has 0 heterocycles. The molecule has 1 fully saturated rings. The number of nitrogens with two attached hydrogens (primary N) is 2. The lowest BCUT2D eigenvalue weighted by atomic mass is 9.98. The molecule has 2 rings (SSSR count). The fourth-order valence-corrected chi connectivity index (χ4v) is 2.38. The van der Waals surface area contributed by atoms with E-state index >= 15 is 0 Å². The van der Waals surface area contributed by atoms with Gasteiger partial charge in [0.25, 0.3) is 0 Å². The first kappa shape index (κ1) is 12.9. The van der Waals surface area contributed by atoms with Gasteiger partial charge >= 0.3 is 0 Å². The second-order valence-corrected chi connectivity index (χ2v) is 5.20. The molecule has 1 aromatic rings. The van der Waals surface area contributed by atoms with Crippen molar-refractivity contribution in [2.45, 2.75) is 44.8 Å². The van der Waals surface area contributed by atoms with Crippen LogP contribution in [0, 0.1) is 13.8 Å². The summed E-state index contributed by atoms with van der Waals surface area (Å²) in [6.07, 6.45) is 1.84. The van der Waals surface area contributed by atoms with Crippen molar-refractivity contribution in [3.63, 3.8) is 0 Å². The molecule has 4 heteroatoms. The first-order valence-corrected chi connectivity index (χ1v) is 6.24. The summed E-state index contributed by atoms with van der Waals surface area (Å²) < 4.78 is 5.94. The number of primary amides is 1. The van der Waals surface area contributed by atoms with Crippen LogP contribution >= 0.6 is 0 Å². The zero-order valence-corrected chi connectivity index (χ0v) is 10.9. The van der Waals surface area contributed by atoms with Crippen molar-refractivity contribution in [2.75, 3.05) is 0 Å². The van der Waals surface area contributed by atoms with Crippen molar-refractivity contribution in [1.29, 1.82) is 0 Å². The topological polar surface area (TPSA) is 78.3 Å². The molecule has 98 valence electrons. The summed E-state index contributed by atoms with van der Waals surface area (Å²) in [7, 11) is 0. The number of rotatable bonds is 3. The minimum Gasteiger partial charge on any atom is -0.490 e. The Hall–Kier alpha value is -1.55. The number of carbonyl (C=O) groups excluding carboxylic acids is 1. The first-order chi connectivity index (χ1) is 8.42. The van der Waals surface area contributed by atoms with E-state index in [4.69, 9.17) is 16.2 Å². The van der Waals surface area contributed by atoms with Crippen LogP contribution in [0.1, 0.15) is 30.4 Å². The third kappa shape index (κ3) is 2.34. The highest BCUT2D eigenvalue weighted by molar-refractivity contribution is 5.84. The third-order valence-electron chi connectivity index (χ3n) is 3.84. The van der Waals surface area contributed by atoms with Crippen molar-refractivity contribution in [3.05, 3.63) is 29.3 Å². The summed E-state index contributed by atoms with van der Waals surface area (Å²) in [5, 5.41) is 0. The molecule has 0 bridgehead atoms. The maximum Gasteiger partial charge on any atom is 0.237 e. The van der Waals surface area contributed by atoms with Crippen LogP contribution in [0.3, 0.4) is 0 Å². The van der Waals surface area contributed by atoms with Crippen LogP contribution in [-0.4, -0.2) is 17.6 Å². The third-order valence-corrected chi connectivity index (χ3v) is 3.84. The molecule has 1 amide bonds. The van der Waals surface area contributed by atoms with E-state index in [2.05, 4.69) is 0 Å². The lowest BCUT2D eigenvalue weighted by Gasteiger charge is -2.20. The maximum atomic E-state index is 11.3. The molecule has 2 atom stereocenters. The summed E-state index contributed by atoms with van der Waals surface area (Å²) in [6.45, 7) is 4.08. The van der Waals surface area contributed by atoms with Gasteiger partial charge in [0, 0.05) is 6.42 Å². The quantitative estimate of drug-likeness (QED) is 0.849. The van der Waals surface area contributed by atoms with Crippen molar-refractivity contribution in [3.8, 4) is 5.75 Å². The van der Waals surface area contributed by atoms with Gasteiger partial charge in [-0.15, -0.1) is 0 Å². The van der Waals surface area contributed by atoms with Gasteiger partial charge in [-0.25, -0.2) is 0 Å². The Kier molecular flexibility index (Phi) is 3.30. The number of benzene rings is 1. The lowest BCUT2D eigenvalue weighted by molar-refractivity contribution is -0.123. The highest BCUT2D eigenvalue weighted by Crippen LogP contribution is 2.32. The molecule has 18 heavy (non-hydrogen) atoms. The van der Waals surface area contributed by atoms with E-state index in [0.717, 1.165) is 17.7 Å². The smallest absolute Gasteiger partial charge is 0.237 e. The van der Waals surface area contributed by atoms with E-state index in [1.54, 1.807) is 0 Å². The Labute approximate surface area is 107 Å². The monoisotopic (exact) mass is 248 g/mol. The van der Waals surface area contributed by atoms with Gasteiger partial charge in [0.1, 0.15) is 11.9 Å². The summed E-state index contributed by atoms with van der Waals surface area (Å²) in [6, 6.07) is 5.97. The fraction of sp³-hybridized carbons (Fsp3) is 0.500.